The van der Waals surface area contributed by atoms with Crippen molar-refractivity contribution in [3.8, 4) is 11.1 Å². The summed E-state index contributed by atoms with van der Waals surface area (Å²) in [5.74, 6) is 0.293. The number of rotatable bonds is 11. The average molecular weight is 696 g/mol. The van der Waals surface area contributed by atoms with Crippen LogP contribution in [0, 0.1) is 13.8 Å². The van der Waals surface area contributed by atoms with Gasteiger partial charge in [-0.2, -0.15) is 10.2 Å². The van der Waals surface area contributed by atoms with Crippen LogP contribution < -0.4 is 10.6 Å². The first-order chi connectivity index (χ1) is 21.4. The first-order valence-electron chi connectivity index (χ1n) is 15.2. The molecule has 0 unspecified atom stereocenters. The van der Waals surface area contributed by atoms with Gasteiger partial charge in [-0.25, -0.2) is 14.7 Å². The van der Waals surface area contributed by atoms with E-state index in [1.807, 2.05) is 41.9 Å². The molecule has 0 aliphatic heterocycles. The van der Waals surface area contributed by atoms with Gasteiger partial charge in [0.25, 0.3) is 5.91 Å². The van der Waals surface area contributed by atoms with Gasteiger partial charge in [0.1, 0.15) is 18.5 Å². The van der Waals surface area contributed by atoms with Gasteiger partial charge in [0, 0.05) is 46.3 Å². The van der Waals surface area contributed by atoms with Crippen LogP contribution in [0.3, 0.4) is 0 Å². The minimum Gasteiger partial charge on any atom is -0.358 e. The molecule has 2 amide bonds. The van der Waals surface area contributed by atoms with E-state index in [1.54, 1.807) is 19.3 Å². The lowest BCUT2D eigenvalue weighted by atomic mass is 9.78. The zero-order valence-corrected chi connectivity index (χ0v) is 29.3. The molecule has 2 N–H and O–H groups in total. The van der Waals surface area contributed by atoms with Gasteiger partial charge in [0.2, 0.25) is 5.91 Å². The molecule has 45 heavy (non-hydrogen) atoms. The van der Waals surface area contributed by atoms with E-state index in [2.05, 4.69) is 69.5 Å². The maximum Gasteiger partial charge on any atom is 0.270 e. The Balaban J connectivity index is 1.34. The van der Waals surface area contributed by atoms with Crippen LogP contribution >= 0.6 is 26.0 Å². The van der Waals surface area contributed by atoms with Gasteiger partial charge in [-0.15, -0.1) is 0 Å². The Labute approximate surface area is 275 Å². The lowest BCUT2D eigenvalue weighted by Crippen LogP contribution is -2.48. The van der Waals surface area contributed by atoms with Crippen LogP contribution in [0.1, 0.15) is 51.8 Å². The molecule has 4 aromatic rings. The van der Waals surface area contributed by atoms with Crippen molar-refractivity contribution < 1.29 is 14.3 Å². The summed E-state index contributed by atoms with van der Waals surface area (Å²) in [5, 5.41) is 15.0. The number of halogens is 1. The SMILES string of the molecule is Cc1nn(COCCS(C)(C)C)c(C)c1-c1ccc(NC(=O)[C@@H](NC(=O)c2ccnn2C)[C@H]2CCCc3ccc(Br)cc32)cc1. The molecule has 2 heterocycles. The minimum atomic E-state index is -0.775. The Morgan fingerprint density at radius 2 is 1.87 bits per heavy atom. The molecular formula is C34H43BrN6O3S. The molecule has 2 atom stereocenters. The van der Waals surface area contributed by atoms with Crippen molar-refractivity contribution in [1.29, 1.82) is 0 Å². The first-order valence-corrected chi connectivity index (χ1v) is 19.0. The van der Waals surface area contributed by atoms with Crippen LogP contribution in [0.5, 0.6) is 0 Å². The average Bonchev–Trinajstić information content (AvgIpc) is 3.55. The van der Waals surface area contributed by atoms with Gasteiger partial charge in [-0.1, -0.05) is 34.1 Å². The smallest absolute Gasteiger partial charge is 0.270 e. The minimum absolute atomic E-state index is 0.175. The van der Waals surface area contributed by atoms with Gasteiger partial charge < -0.3 is 15.4 Å². The number of nitrogens with one attached hydrogen (secondary N) is 2. The molecule has 1 aliphatic carbocycles. The maximum atomic E-state index is 14.0. The van der Waals surface area contributed by atoms with Gasteiger partial charge in [0.05, 0.1) is 12.3 Å². The van der Waals surface area contributed by atoms with Gasteiger partial charge in [-0.05, 0) is 98.9 Å². The molecule has 0 saturated carbocycles. The van der Waals surface area contributed by atoms with Crippen LogP contribution in [-0.4, -0.2) is 68.5 Å². The predicted octanol–water partition coefficient (Wildman–Crippen LogP) is 6.19. The van der Waals surface area contributed by atoms with Crippen molar-refractivity contribution >= 4 is 43.5 Å². The highest BCUT2D eigenvalue weighted by molar-refractivity contribution is 9.10. The number of carbonyl (C=O) groups excluding carboxylic acids is 2. The number of carbonyl (C=O) groups is 2. The summed E-state index contributed by atoms with van der Waals surface area (Å²) in [5.41, 5.74) is 7.38. The topological polar surface area (TPSA) is 103 Å². The molecule has 0 spiro atoms. The summed E-state index contributed by atoms with van der Waals surface area (Å²) in [6, 6.07) is 14.9. The summed E-state index contributed by atoms with van der Waals surface area (Å²) in [6.07, 6.45) is 11.1. The molecule has 0 fully saturated rings. The summed E-state index contributed by atoms with van der Waals surface area (Å²) in [4.78, 5) is 27.3. The van der Waals surface area contributed by atoms with Crippen molar-refractivity contribution in [3.05, 3.63) is 87.4 Å². The van der Waals surface area contributed by atoms with E-state index in [0.717, 1.165) is 57.6 Å². The monoisotopic (exact) mass is 694 g/mol. The van der Waals surface area contributed by atoms with E-state index >= 15 is 0 Å². The van der Waals surface area contributed by atoms with Crippen LogP contribution in [0.15, 0.2) is 59.2 Å². The fourth-order valence-electron chi connectivity index (χ4n) is 5.95. The second-order valence-electron chi connectivity index (χ2n) is 12.6. The van der Waals surface area contributed by atoms with E-state index in [0.29, 0.717) is 24.7 Å². The molecule has 1 aliphatic rings. The van der Waals surface area contributed by atoms with Crippen LogP contribution in [-0.2, 0) is 29.7 Å². The highest BCUT2D eigenvalue weighted by Gasteiger charge is 2.35. The van der Waals surface area contributed by atoms with Crippen molar-refractivity contribution in [3.63, 3.8) is 0 Å². The van der Waals surface area contributed by atoms with E-state index in [1.165, 1.54) is 10.2 Å². The van der Waals surface area contributed by atoms with Gasteiger partial charge in [0.15, 0.2) is 0 Å². The molecule has 11 heteroatoms. The highest BCUT2D eigenvalue weighted by atomic mass is 79.9. The third-order valence-electron chi connectivity index (χ3n) is 8.37. The van der Waals surface area contributed by atoms with Crippen molar-refractivity contribution in [2.24, 2.45) is 7.05 Å². The lowest BCUT2D eigenvalue weighted by Gasteiger charge is -2.32. The fraction of sp³-hybridized carbons (Fsp3) is 0.412. The van der Waals surface area contributed by atoms with Crippen LogP contribution in [0.4, 0.5) is 5.69 Å². The normalized spacial score (nSPS) is 15.8. The Hall–Kier alpha value is -3.41. The van der Waals surface area contributed by atoms with E-state index in [9.17, 15) is 9.59 Å². The van der Waals surface area contributed by atoms with Crippen molar-refractivity contribution in [1.82, 2.24) is 24.9 Å². The molecule has 9 nitrogen and oxygen atoms in total. The number of fused-ring (bicyclic) bond motifs is 1. The third-order valence-corrected chi connectivity index (χ3v) is 10.3. The summed E-state index contributed by atoms with van der Waals surface area (Å²) < 4.78 is 10.3. The van der Waals surface area contributed by atoms with Crippen molar-refractivity contribution in [2.75, 3.05) is 36.4 Å². The number of aryl methyl sites for hydroxylation is 3. The summed E-state index contributed by atoms with van der Waals surface area (Å²) in [6.45, 7) is 5.19. The second kappa shape index (κ2) is 13.9. The molecular weight excluding hydrogens is 652 g/mol. The second-order valence-corrected chi connectivity index (χ2v) is 18.1. The lowest BCUT2D eigenvalue weighted by molar-refractivity contribution is -0.118. The zero-order chi connectivity index (χ0) is 32.3. The van der Waals surface area contributed by atoms with E-state index in [4.69, 9.17) is 9.84 Å². The Kier molecular flexibility index (Phi) is 10.2. The molecule has 0 radical (unpaired) electrons. The molecule has 2 aromatic heterocycles. The first kappa shape index (κ1) is 33.0. The number of amides is 2. The Bertz CT molecular complexity index is 1670. The number of anilines is 1. The molecule has 0 saturated heterocycles. The summed E-state index contributed by atoms with van der Waals surface area (Å²) >= 11 is 3.60. The largest absolute Gasteiger partial charge is 0.358 e. The number of nitrogens with zero attached hydrogens (tertiary/aromatic N) is 4. The van der Waals surface area contributed by atoms with Gasteiger partial charge >= 0.3 is 0 Å². The maximum absolute atomic E-state index is 14.0. The number of ether oxygens (including phenoxy) is 1. The molecule has 5 rings (SSSR count). The van der Waals surface area contributed by atoms with Crippen LogP contribution in [0.2, 0.25) is 0 Å². The predicted molar refractivity (Wildman–Crippen MR) is 186 cm³/mol. The third kappa shape index (κ3) is 7.88. The highest BCUT2D eigenvalue weighted by Crippen LogP contribution is 2.37. The Morgan fingerprint density at radius 3 is 2.56 bits per heavy atom. The quantitative estimate of drug-likeness (QED) is 0.182. The van der Waals surface area contributed by atoms with Crippen LogP contribution in [0.25, 0.3) is 11.1 Å². The summed E-state index contributed by atoms with van der Waals surface area (Å²) in [7, 11) is 1.11. The number of hydrogen-bond acceptors (Lipinski definition) is 5. The van der Waals surface area contributed by atoms with E-state index < -0.39 is 16.1 Å². The number of hydrogen-bond donors (Lipinski definition) is 2. The van der Waals surface area contributed by atoms with E-state index in [-0.39, 0.29) is 17.7 Å². The molecule has 0 bridgehead atoms. The number of benzene rings is 2. The van der Waals surface area contributed by atoms with Crippen molar-refractivity contribution in [2.45, 2.75) is 51.8 Å². The molecule has 240 valence electrons. The fourth-order valence-corrected chi connectivity index (χ4v) is 6.95. The number of aromatic nitrogens is 4. The zero-order valence-electron chi connectivity index (χ0n) is 26.9. The Morgan fingerprint density at radius 1 is 1.11 bits per heavy atom. The standard InChI is InChI=1S/C34H43BrN6O3S/c1-22-31(23(2)41(39-22)21-44-18-19-45(4,5)6)25-11-14-27(15-12-25)37-34(43)32(38-33(42)30-16-17-36-40(30)3)28-9-7-8-24-10-13-26(35)20-29(24)28/h10-17,20,28,32H,7-9,18-19,21H2,1-6H3,(H,37,43)(H,38,42)/t28-,32-/m0/s1. The van der Waals surface area contributed by atoms with Gasteiger partial charge in [-0.3, -0.25) is 14.3 Å². The molecule has 2 aromatic carbocycles.